The van der Waals surface area contributed by atoms with E-state index in [2.05, 4.69) is 24.1 Å². The van der Waals surface area contributed by atoms with Crippen molar-refractivity contribution >= 4 is 0 Å². The van der Waals surface area contributed by atoms with Crippen molar-refractivity contribution < 1.29 is 9.50 Å². The van der Waals surface area contributed by atoms with Crippen LogP contribution in [0, 0.1) is 5.82 Å². The smallest absolute Gasteiger partial charge is 0.123 e. The largest absolute Gasteiger partial charge is 0.508 e. The SMILES string of the molecule is CCN(C1CC2CCC(C1)N2)C(C)c1cc(F)ccc1O. The summed E-state index contributed by atoms with van der Waals surface area (Å²) in [5, 5.41) is 13.7. The molecule has 1 aromatic rings. The summed E-state index contributed by atoms with van der Waals surface area (Å²) in [5.41, 5.74) is 0.697. The van der Waals surface area contributed by atoms with Gasteiger partial charge in [-0.15, -0.1) is 0 Å². The van der Waals surface area contributed by atoms with Gasteiger partial charge in [-0.2, -0.15) is 0 Å². The summed E-state index contributed by atoms with van der Waals surface area (Å²) in [6, 6.07) is 6.07. The fourth-order valence-corrected chi connectivity index (χ4v) is 4.18. The van der Waals surface area contributed by atoms with Gasteiger partial charge in [-0.05, 0) is 57.4 Å². The minimum atomic E-state index is -0.281. The van der Waals surface area contributed by atoms with Crippen LogP contribution in [0.5, 0.6) is 5.75 Å². The molecule has 2 N–H and O–H groups in total. The third-order valence-corrected chi connectivity index (χ3v) is 5.22. The average Bonchev–Trinajstić information content (AvgIpc) is 2.81. The molecule has 116 valence electrons. The van der Waals surface area contributed by atoms with Gasteiger partial charge in [-0.25, -0.2) is 4.39 Å². The molecule has 0 spiro atoms. The molecule has 4 heteroatoms. The number of nitrogens with zero attached hydrogens (tertiary/aromatic N) is 1. The van der Waals surface area contributed by atoms with Crippen molar-refractivity contribution in [3.05, 3.63) is 29.6 Å². The maximum Gasteiger partial charge on any atom is 0.123 e. The Morgan fingerprint density at radius 2 is 2.00 bits per heavy atom. The van der Waals surface area contributed by atoms with E-state index in [1.165, 1.54) is 31.0 Å². The Bertz CT molecular complexity index is 496. The summed E-state index contributed by atoms with van der Waals surface area (Å²) in [6.45, 7) is 5.14. The molecule has 0 saturated carbocycles. The van der Waals surface area contributed by atoms with Crippen LogP contribution in [-0.4, -0.2) is 34.7 Å². The van der Waals surface area contributed by atoms with Crippen LogP contribution in [0.2, 0.25) is 0 Å². The van der Waals surface area contributed by atoms with Crippen LogP contribution in [0.25, 0.3) is 0 Å². The number of nitrogens with one attached hydrogen (secondary N) is 1. The number of hydrogen-bond acceptors (Lipinski definition) is 3. The van der Waals surface area contributed by atoms with Crippen molar-refractivity contribution in [2.24, 2.45) is 0 Å². The second kappa shape index (κ2) is 5.93. The zero-order valence-corrected chi connectivity index (χ0v) is 12.8. The van der Waals surface area contributed by atoms with E-state index in [0.29, 0.717) is 23.7 Å². The molecule has 2 heterocycles. The van der Waals surface area contributed by atoms with E-state index in [0.717, 1.165) is 19.4 Å². The van der Waals surface area contributed by atoms with Crippen LogP contribution in [0.15, 0.2) is 18.2 Å². The molecular formula is C17H25FN2O. The zero-order chi connectivity index (χ0) is 15.0. The first kappa shape index (κ1) is 14.8. The van der Waals surface area contributed by atoms with Crippen molar-refractivity contribution in [3.63, 3.8) is 0 Å². The summed E-state index contributed by atoms with van der Waals surface area (Å²) in [5.74, 6) is -0.0876. The fraction of sp³-hybridized carbons (Fsp3) is 0.647. The molecule has 0 aromatic heterocycles. The number of benzene rings is 1. The number of piperidine rings is 1. The summed E-state index contributed by atoms with van der Waals surface area (Å²) in [6.07, 6.45) is 4.87. The molecule has 0 radical (unpaired) electrons. The summed E-state index contributed by atoms with van der Waals surface area (Å²) < 4.78 is 13.5. The summed E-state index contributed by atoms with van der Waals surface area (Å²) >= 11 is 0. The molecule has 1 aromatic carbocycles. The van der Waals surface area contributed by atoms with Crippen LogP contribution in [0.1, 0.15) is 51.1 Å². The van der Waals surface area contributed by atoms with E-state index in [9.17, 15) is 9.50 Å². The van der Waals surface area contributed by atoms with Crippen LogP contribution in [-0.2, 0) is 0 Å². The normalized spacial score (nSPS) is 29.8. The Hall–Kier alpha value is -1.13. The highest BCUT2D eigenvalue weighted by Crippen LogP contribution is 2.36. The van der Waals surface area contributed by atoms with E-state index < -0.39 is 0 Å². The number of aromatic hydroxyl groups is 1. The second-order valence-electron chi connectivity index (χ2n) is 6.47. The number of phenols is 1. The first-order valence-corrected chi connectivity index (χ1v) is 8.08. The Morgan fingerprint density at radius 1 is 1.33 bits per heavy atom. The van der Waals surface area contributed by atoms with Gasteiger partial charge in [-0.1, -0.05) is 6.92 Å². The Morgan fingerprint density at radius 3 is 2.62 bits per heavy atom. The minimum Gasteiger partial charge on any atom is -0.508 e. The van der Waals surface area contributed by atoms with E-state index in [1.54, 1.807) is 0 Å². The van der Waals surface area contributed by atoms with Gasteiger partial charge in [0.2, 0.25) is 0 Å². The molecule has 2 saturated heterocycles. The zero-order valence-electron chi connectivity index (χ0n) is 12.8. The standard InChI is InChI=1S/C17H25FN2O/c1-3-20(15-9-13-5-6-14(10-15)19-13)11(2)16-8-12(18)4-7-17(16)21/h4,7-8,11,13-15,19,21H,3,5-6,9-10H2,1-2H3. The predicted molar refractivity (Wildman–Crippen MR) is 81.8 cm³/mol. The number of phenolic OH excluding ortho intramolecular Hbond substituents is 1. The predicted octanol–water partition coefficient (Wildman–Crippen LogP) is 3.20. The lowest BCUT2D eigenvalue weighted by atomic mass is 9.95. The van der Waals surface area contributed by atoms with Crippen LogP contribution in [0.3, 0.4) is 0 Å². The molecule has 2 fully saturated rings. The van der Waals surface area contributed by atoms with E-state index in [4.69, 9.17) is 0 Å². The van der Waals surface area contributed by atoms with Crippen molar-refractivity contribution in [1.29, 1.82) is 0 Å². The highest BCUT2D eigenvalue weighted by atomic mass is 19.1. The average molecular weight is 292 g/mol. The number of fused-ring (bicyclic) bond motifs is 2. The summed E-state index contributed by atoms with van der Waals surface area (Å²) in [4.78, 5) is 2.42. The molecule has 2 aliphatic heterocycles. The second-order valence-corrected chi connectivity index (χ2v) is 6.47. The van der Waals surface area contributed by atoms with Crippen molar-refractivity contribution in [1.82, 2.24) is 10.2 Å². The molecule has 3 atom stereocenters. The number of halogens is 1. The third kappa shape index (κ3) is 2.92. The molecule has 3 unspecified atom stereocenters. The number of rotatable bonds is 4. The fourth-order valence-electron chi connectivity index (χ4n) is 4.18. The van der Waals surface area contributed by atoms with Crippen molar-refractivity contribution in [3.8, 4) is 5.75 Å². The van der Waals surface area contributed by atoms with Gasteiger partial charge in [0.05, 0.1) is 0 Å². The Kier molecular flexibility index (Phi) is 4.18. The maximum atomic E-state index is 13.5. The van der Waals surface area contributed by atoms with E-state index in [-0.39, 0.29) is 17.6 Å². The minimum absolute atomic E-state index is 0.0354. The van der Waals surface area contributed by atoms with Gasteiger partial charge >= 0.3 is 0 Å². The first-order valence-electron chi connectivity index (χ1n) is 8.08. The molecular weight excluding hydrogens is 267 g/mol. The molecule has 0 amide bonds. The topological polar surface area (TPSA) is 35.5 Å². The van der Waals surface area contributed by atoms with Gasteiger partial charge < -0.3 is 10.4 Å². The number of hydrogen-bond donors (Lipinski definition) is 2. The van der Waals surface area contributed by atoms with Crippen LogP contribution >= 0.6 is 0 Å². The molecule has 3 nitrogen and oxygen atoms in total. The molecule has 3 rings (SSSR count). The molecule has 21 heavy (non-hydrogen) atoms. The van der Waals surface area contributed by atoms with E-state index >= 15 is 0 Å². The lowest BCUT2D eigenvalue weighted by molar-refractivity contribution is 0.106. The van der Waals surface area contributed by atoms with Gasteiger partial charge in [0, 0.05) is 29.7 Å². The van der Waals surface area contributed by atoms with Crippen LogP contribution in [0.4, 0.5) is 4.39 Å². The van der Waals surface area contributed by atoms with Crippen molar-refractivity contribution in [2.75, 3.05) is 6.54 Å². The lowest BCUT2D eigenvalue weighted by Crippen LogP contribution is -2.48. The Labute approximate surface area is 126 Å². The quantitative estimate of drug-likeness (QED) is 0.894. The monoisotopic (exact) mass is 292 g/mol. The molecule has 2 aliphatic rings. The third-order valence-electron chi connectivity index (χ3n) is 5.22. The van der Waals surface area contributed by atoms with Crippen molar-refractivity contribution in [2.45, 2.75) is 63.7 Å². The van der Waals surface area contributed by atoms with Crippen LogP contribution < -0.4 is 5.32 Å². The van der Waals surface area contributed by atoms with Gasteiger partial charge in [0.25, 0.3) is 0 Å². The summed E-state index contributed by atoms with van der Waals surface area (Å²) in [7, 11) is 0. The Balaban J connectivity index is 1.80. The molecule has 0 aliphatic carbocycles. The highest BCUT2D eigenvalue weighted by Gasteiger charge is 2.37. The highest BCUT2D eigenvalue weighted by molar-refractivity contribution is 5.35. The lowest BCUT2D eigenvalue weighted by Gasteiger charge is -2.40. The van der Waals surface area contributed by atoms with Gasteiger partial charge in [-0.3, -0.25) is 4.90 Å². The van der Waals surface area contributed by atoms with Gasteiger partial charge in [0.15, 0.2) is 0 Å². The maximum absolute atomic E-state index is 13.5. The van der Waals surface area contributed by atoms with E-state index in [1.807, 2.05) is 0 Å². The first-order chi connectivity index (χ1) is 10.1. The van der Waals surface area contributed by atoms with Gasteiger partial charge in [0.1, 0.15) is 11.6 Å². The molecule has 2 bridgehead atoms.